The van der Waals surface area contributed by atoms with Gasteiger partial charge in [-0.05, 0) is 20.4 Å². The van der Waals surface area contributed by atoms with Crippen LogP contribution in [-0.4, -0.2) is 23.6 Å². The predicted octanol–water partition coefficient (Wildman–Crippen LogP) is 0.971. The highest BCUT2D eigenvalue weighted by molar-refractivity contribution is 5.23. The highest BCUT2D eigenvalue weighted by Crippen LogP contribution is 2.20. The van der Waals surface area contributed by atoms with Gasteiger partial charge in [0.25, 0.3) is 0 Å². The van der Waals surface area contributed by atoms with Crippen molar-refractivity contribution in [1.29, 1.82) is 0 Å². The van der Waals surface area contributed by atoms with Crippen molar-refractivity contribution in [3.63, 3.8) is 0 Å². The average molecular weight is 152 g/mol. The summed E-state index contributed by atoms with van der Waals surface area (Å²) in [7, 11) is 2.10. The molecule has 0 fully saturated rings. The highest BCUT2D eigenvalue weighted by atomic mass is 16.5. The standard InChI is InChI=1S/C8H12N2O/c1-6-7-3-4-10(2)5-8(7)11-9-6/h3-5H2,1-2H3. The maximum Gasteiger partial charge on any atom is 0.154 e. The van der Waals surface area contributed by atoms with E-state index in [1.54, 1.807) is 0 Å². The Labute approximate surface area is 66.0 Å². The Morgan fingerprint density at radius 2 is 2.36 bits per heavy atom. The van der Waals surface area contributed by atoms with E-state index in [9.17, 15) is 0 Å². The molecule has 0 radical (unpaired) electrons. The molecular weight excluding hydrogens is 140 g/mol. The van der Waals surface area contributed by atoms with Gasteiger partial charge in [0.15, 0.2) is 5.76 Å². The van der Waals surface area contributed by atoms with E-state index >= 15 is 0 Å². The van der Waals surface area contributed by atoms with Gasteiger partial charge >= 0.3 is 0 Å². The molecule has 0 amide bonds. The van der Waals surface area contributed by atoms with E-state index in [2.05, 4.69) is 17.1 Å². The molecule has 2 rings (SSSR count). The van der Waals surface area contributed by atoms with Crippen molar-refractivity contribution in [1.82, 2.24) is 10.1 Å². The van der Waals surface area contributed by atoms with Crippen LogP contribution in [0, 0.1) is 6.92 Å². The third-order valence-electron chi connectivity index (χ3n) is 2.22. The maximum absolute atomic E-state index is 5.17. The monoisotopic (exact) mass is 152 g/mol. The first kappa shape index (κ1) is 6.85. The summed E-state index contributed by atoms with van der Waals surface area (Å²) in [5.41, 5.74) is 2.39. The van der Waals surface area contributed by atoms with E-state index in [-0.39, 0.29) is 0 Å². The first-order valence-corrected chi connectivity index (χ1v) is 3.90. The molecule has 0 unspecified atom stereocenters. The molecule has 0 bridgehead atoms. The molecule has 1 aliphatic rings. The van der Waals surface area contributed by atoms with Gasteiger partial charge in [0.2, 0.25) is 0 Å². The number of hydrogen-bond donors (Lipinski definition) is 0. The molecule has 0 N–H and O–H groups in total. The van der Waals surface area contributed by atoms with E-state index in [1.807, 2.05) is 6.92 Å². The minimum atomic E-state index is 0.913. The molecule has 11 heavy (non-hydrogen) atoms. The fourth-order valence-electron chi connectivity index (χ4n) is 1.51. The van der Waals surface area contributed by atoms with Gasteiger partial charge in [-0.3, -0.25) is 4.90 Å². The van der Waals surface area contributed by atoms with Gasteiger partial charge in [-0.15, -0.1) is 0 Å². The Bertz CT molecular complexity index is 267. The van der Waals surface area contributed by atoms with Crippen molar-refractivity contribution in [3.05, 3.63) is 17.0 Å². The summed E-state index contributed by atoms with van der Waals surface area (Å²) >= 11 is 0. The van der Waals surface area contributed by atoms with Crippen molar-refractivity contribution in [2.75, 3.05) is 13.6 Å². The summed E-state index contributed by atoms with van der Waals surface area (Å²) in [6, 6.07) is 0. The van der Waals surface area contributed by atoms with Crippen molar-refractivity contribution >= 4 is 0 Å². The van der Waals surface area contributed by atoms with Crippen LogP contribution in [0.15, 0.2) is 4.52 Å². The molecule has 0 spiro atoms. The lowest BCUT2D eigenvalue weighted by Crippen LogP contribution is -2.25. The highest BCUT2D eigenvalue weighted by Gasteiger charge is 2.19. The largest absolute Gasteiger partial charge is 0.359 e. The van der Waals surface area contributed by atoms with Crippen molar-refractivity contribution < 1.29 is 4.52 Å². The molecule has 1 aliphatic heterocycles. The molecule has 0 saturated carbocycles. The fraction of sp³-hybridized carbons (Fsp3) is 0.625. The zero-order valence-corrected chi connectivity index (χ0v) is 6.92. The Kier molecular flexibility index (Phi) is 1.46. The van der Waals surface area contributed by atoms with Crippen molar-refractivity contribution in [2.24, 2.45) is 0 Å². The number of aryl methyl sites for hydroxylation is 1. The molecule has 2 heterocycles. The quantitative estimate of drug-likeness (QED) is 0.554. The lowest BCUT2D eigenvalue weighted by atomic mass is 10.1. The Morgan fingerprint density at radius 3 is 3.18 bits per heavy atom. The first-order valence-electron chi connectivity index (χ1n) is 3.90. The molecule has 0 aliphatic carbocycles. The number of rotatable bonds is 0. The van der Waals surface area contributed by atoms with Crippen LogP contribution in [0.2, 0.25) is 0 Å². The Balaban J connectivity index is 2.36. The summed E-state index contributed by atoms with van der Waals surface area (Å²) in [5.74, 6) is 1.05. The van der Waals surface area contributed by atoms with Crippen LogP contribution < -0.4 is 0 Å². The second kappa shape index (κ2) is 2.34. The lowest BCUT2D eigenvalue weighted by Gasteiger charge is -2.19. The van der Waals surface area contributed by atoms with E-state index in [0.717, 1.165) is 31.0 Å². The smallest absolute Gasteiger partial charge is 0.154 e. The van der Waals surface area contributed by atoms with Gasteiger partial charge in [-0.1, -0.05) is 5.16 Å². The number of hydrogen-bond acceptors (Lipinski definition) is 3. The molecule has 3 nitrogen and oxygen atoms in total. The molecule has 3 heteroatoms. The fourth-order valence-corrected chi connectivity index (χ4v) is 1.51. The van der Waals surface area contributed by atoms with Crippen molar-refractivity contribution in [2.45, 2.75) is 19.9 Å². The minimum Gasteiger partial charge on any atom is -0.359 e. The summed E-state index contributed by atoms with van der Waals surface area (Å²) in [4.78, 5) is 2.24. The third-order valence-corrected chi connectivity index (χ3v) is 2.22. The SMILES string of the molecule is Cc1noc2c1CCN(C)C2. The van der Waals surface area contributed by atoms with Gasteiger partial charge in [0, 0.05) is 12.1 Å². The molecule has 0 aromatic carbocycles. The van der Waals surface area contributed by atoms with Gasteiger partial charge in [0.05, 0.1) is 12.2 Å². The third kappa shape index (κ3) is 1.05. The lowest BCUT2D eigenvalue weighted by molar-refractivity contribution is 0.257. The van der Waals surface area contributed by atoms with Crippen LogP contribution >= 0.6 is 0 Å². The Hall–Kier alpha value is -0.830. The molecule has 1 aromatic heterocycles. The normalized spacial score (nSPS) is 18.4. The van der Waals surface area contributed by atoms with Crippen LogP contribution in [0.1, 0.15) is 17.0 Å². The van der Waals surface area contributed by atoms with E-state index in [4.69, 9.17) is 4.52 Å². The summed E-state index contributed by atoms with van der Waals surface area (Å²) in [6.45, 7) is 4.04. The number of nitrogens with zero attached hydrogens (tertiary/aromatic N) is 2. The number of likely N-dealkylation sites (N-methyl/N-ethyl adjacent to an activating group) is 1. The van der Waals surface area contributed by atoms with Gasteiger partial charge in [-0.2, -0.15) is 0 Å². The summed E-state index contributed by atoms with van der Waals surface area (Å²) in [6.07, 6.45) is 1.08. The zero-order chi connectivity index (χ0) is 7.84. The first-order chi connectivity index (χ1) is 5.27. The average Bonchev–Trinajstić information content (AvgIpc) is 2.32. The molecule has 0 saturated heterocycles. The second-order valence-corrected chi connectivity index (χ2v) is 3.16. The second-order valence-electron chi connectivity index (χ2n) is 3.16. The van der Waals surface area contributed by atoms with E-state index in [1.165, 1.54) is 5.56 Å². The zero-order valence-electron chi connectivity index (χ0n) is 6.92. The van der Waals surface area contributed by atoms with E-state index in [0.29, 0.717) is 0 Å². The topological polar surface area (TPSA) is 29.3 Å². The summed E-state index contributed by atoms with van der Waals surface area (Å²) in [5, 5.41) is 3.93. The maximum atomic E-state index is 5.17. The van der Waals surface area contributed by atoms with Gasteiger partial charge < -0.3 is 4.52 Å². The van der Waals surface area contributed by atoms with Crippen LogP contribution in [0.25, 0.3) is 0 Å². The van der Waals surface area contributed by atoms with E-state index < -0.39 is 0 Å². The Morgan fingerprint density at radius 1 is 1.55 bits per heavy atom. The predicted molar refractivity (Wildman–Crippen MR) is 41.3 cm³/mol. The minimum absolute atomic E-state index is 0.913. The van der Waals surface area contributed by atoms with Crippen LogP contribution in [-0.2, 0) is 13.0 Å². The van der Waals surface area contributed by atoms with Gasteiger partial charge in [0.1, 0.15) is 0 Å². The van der Waals surface area contributed by atoms with Crippen LogP contribution in [0.3, 0.4) is 0 Å². The molecule has 60 valence electrons. The molecule has 1 aromatic rings. The number of fused-ring (bicyclic) bond motifs is 1. The van der Waals surface area contributed by atoms with Crippen LogP contribution in [0.5, 0.6) is 0 Å². The van der Waals surface area contributed by atoms with Crippen LogP contribution in [0.4, 0.5) is 0 Å². The molecule has 0 atom stereocenters. The number of aromatic nitrogens is 1. The molecular formula is C8H12N2O. The van der Waals surface area contributed by atoms with Gasteiger partial charge in [-0.25, -0.2) is 0 Å². The van der Waals surface area contributed by atoms with Crippen molar-refractivity contribution in [3.8, 4) is 0 Å². The summed E-state index contributed by atoms with van der Waals surface area (Å²) < 4.78 is 5.17.